The SMILES string of the molecule is O=C(CSCc1ccccc1Cl)C1CCOC1. The zero-order chi connectivity index (χ0) is 12.1. The summed E-state index contributed by atoms with van der Waals surface area (Å²) in [7, 11) is 0. The summed E-state index contributed by atoms with van der Waals surface area (Å²) in [5.41, 5.74) is 1.09. The number of rotatable bonds is 5. The zero-order valence-electron chi connectivity index (χ0n) is 9.52. The van der Waals surface area contributed by atoms with Crippen LogP contribution in [0.1, 0.15) is 12.0 Å². The average molecular weight is 271 g/mol. The van der Waals surface area contributed by atoms with Gasteiger partial charge in [-0.15, -0.1) is 11.8 Å². The van der Waals surface area contributed by atoms with Crippen molar-refractivity contribution in [3.63, 3.8) is 0 Å². The number of benzene rings is 1. The van der Waals surface area contributed by atoms with Crippen LogP contribution in [0.25, 0.3) is 0 Å². The van der Waals surface area contributed by atoms with E-state index in [1.807, 2.05) is 24.3 Å². The van der Waals surface area contributed by atoms with Crippen molar-refractivity contribution in [2.75, 3.05) is 19.0 Å². The van der Waals surface area contributed by atoms with Crippen molar-refractivity contribution < 1.29 is 9.53 Å². The molecule has 0 saturated carbocycles. The Morgan fingerprint density at radius 1 is 1.47 bits per heavy atom. The maximum Gasteiger partial charge on any atom is 0.148 e. The lowest BCUT2D eigenvalue weighted by molar-refractivity contribution is -0.120. The Morgan fingerprint density at radius 2 is 2.29 bits per heavy atom. The summed E-state index contributed by atoms with van der Waals surface area (Å²) < 4.78 is 5.21. The van der Waals surface area contributed by atoms with Gasteiger partial charge in [0.25, 0.3) is 0 Å². The fourth-order valence-electron chi connectivity index (χ4n) is 1.78. The van der Waals surface area contributed by atoms with Gasteiger partial charge in [0.15, 0.2) is 0 Å². The third-order valence-electron chi connectivity index (χ3n) is 2.84. The van der Waals surface area contributed by atoms with Gasteiger partial charge in [0.05, 0.1) is 12.4 Å². The molecule has 0 N–H and O–H groups in total. The van der Waals surface area contributed by atoms with E-state index >= 15 is 0 Å². The third kappa shape index (κ3) is 3.73. The summed E-state index contributed by atoms with van der Waals surface area (Å²) >= 11 is 7.67. The van der Waals surface area contributed by atoms with E-state index in [9.17, 15) is 4.79 Å². The van der Waals surface area contributed by atoms with Gasteiger partial charge in [0, 0.05) is 23.3 Å². The molecule has 2 rings (SSSR count). The molecule has 1 fully saturated rings. The number of hydrogen-bond donors (Lipinski definition) is 0. The second-order valence-electron chi connectivity index (χ2n) is 4.11. The first-order valence-electron chi connectivity index (χ1n) is 5.69. The number of halogens is 1. The fraction of sp³-hybridized carbons (Fsp3) is 0.462. The first kappa shape index (κ1) is 12.9. The predicted octanol–water partition coefficient (Wildman–Crippen LogP) is 3.18. The van der Waals surface area contributed by atoms with Gasteiger partial charge in [0.1, 0.15) is 5.78 Å². The van der Waals surface area contributed by atoms with Crippen molar-refractivity contribution in [2.45, 2.75) is 12.2 Å². The van der Waals surface area contributed by atoms with Gasteiger partial charge in [-0.3, -0.25) is 4.79 Å². The smallest absolute Gasteiger partial charge is 0.148 e. The molecule has 4 heteroatoms. The van der Waals surface area contributed by atoms with Crippen LogP contribution in [0, 0.1) is 5.92 Å². The molecular formula is C13H15ClO2S. The summed E-state index contributed by atoms with van der Waals surface area (Å²) in [5, 5.41) is 0.775. The third-order valence-corrected chi connectivity index (χ3v) is 4.22. The Labute approximate surface area is 111 Å². The summed E-state index contributed by atoms with van der Waals surface area (Å²) in [5.74, 6) is 1.77. The minimum absolute atomic E-state index is 0.119. The maximum atomic E-state index is 11.8. The van der Waals surface area contributed by atoms with Crippen LogP contribution in [0.15, 0.2) is 24.3 Å². The Balaban J connectivity index is 1.76. The Hall–Kier alpha value is -0.510. The van der Waals surface area contributed by atoms with E-state index in [4.69, 9.17) is 16.3 Å². The molecule has 0 aliphatic carbocycles. The molecule has 1 unspecified atom stereocenters. The molecule has 92 valence electrons. The highest BCUT2D eigenvalue weighted by molar-refractivity contribution is 7.99. The quantitative estimate of drug-likeness (QED) is 0.822. The van der Waals surface area contributed by atoms with Crippen molar-refractivity contribution >= 4 is 29.1 Å². The molecular weight excluding hydrogens is 256 g/mol. The normalized spacial score (nSPS) is 19.5. The number of carbonyl (C=O) groups is 1. The van der Waals surface area contributed by atoms with E-state index < -0.39 is 0 Å². The van der Waals surface area contributed by atoms with Gasteiger partial charge in [-0.1, -0.05) is 29.8 Å². The molecule has 1 heterocycles. The van der Waals surface area contributed by atoms with Gasteiger partial charge in [-0.2, -0.15) is 0 Å². The van der Waals surface area contributed by atoms with E-state index in [2.05, 4.69) is 0 Å². The van der Waals surface area contributed by atoms with Gasteiger partial charge < -0.3 is 4.74 Å². The first-order chi connectivity index (χ1) is 8.27. The highest BCUT2D eigenvalue weighted by Gasteiger charge is 2.22. The van der Waals surface area contributed by atoms with Crippen molar-refractivity contribution in [1.29, 1.82) is 0 Å². The maximum absolute atomic E-state index is 11.8. The highest BCUT2D eigenvalue weighted by Crippen LogP contribution is 2.22. The number of ether oxygens (including phenoxy) is 1. The Bertz CT molecular complexity index is 389. The van der Waals surface area contributed by atoms with Crippen molar-refractivity contribution in [1.82, 2.24) is 0 Å². The number of thioether (sulfide) groups is 1. The summed E-state index contributed by atoms with van der Waals surface area (Å²) in [6.07, 6.45) is 0.880. The fourth-order valence-corrected chi connectivity index (χ4v) is 3.08. The van der Waals surface area contributed by atoms with Crippen molar-refractivity contribution in [3.05, 3.63) is 34.9 Å². The zero-order valence-corrected chi connectivity index (χ0v) is 11.1. The van der Waals surface area contributed by atoms with E-state index in [-0.39, 0.29) is 5.92 Å². The van der Waals surface area contributed by atoms with Crippen LogP contribution < -0.4 is 0 Å². The van der Waals surface area contributed by atoms with Gasteiger partial charge in [0.2, 0.25) is 0 Å². The van der Waals surface area contributed by atoms with Crippen molar-refractivity contribution in [3.8, 4) is 0 Å². The van der Waals surface area contributed by atoms with Crippen LogP contribution in [-0.2, 0) is 15.3 Å². The van der Waals surface area contributed by atoms with Crippen LogP contribution in [-0.4, -0.2) is 24.7 Å². The summed E-state index contributed by atoms with van der Waals surface area (Å²) in [6, 6.07) is 7.76. The van der Waals surface area contributed by atoms with E-state index in [0.29, 0.717) is 18.1 Å². The van der Waals surface area contributed by atoms with Gasteiger partial charge in [-0.25, -0.2) is 0 Å². The largest absolute Gasteiger partial charge is 0.381 e. The molecule has 0 radical (unpaired) electrons. The molecule has 0 bridgehead atoms. The second-order valence-corrected chi connectivity index (χ2v) is 5.50. The number of hydrogen-bond acceptors (Lipinski definition) is 3. The number of Topliss-reactive ketones (excluding diaryl/α,β-unsaturated/α-hetero) is 1. The van der Waals surface area contributed by atoms with Crippen LogP contribution >= 0.6 is 23.4 Å². The molecule has 1 aromatic rings. The minimum Gasteiger partial charge on any atom is -0.381 e. The van der Waals surface area contributed by atoms with Gasteiger partial charge in [-0.05, 0) is 18.1 Å². The average Bonchev–Trinajstić information content (AvgIpc) is 2.85. The van der Waals surface area contributed by atoms with E-state index in [1.54, 1.807) is 11.8 Å². The molecule has 0 spiro atoms. The lowest BCUT2D eigenvalue weighted by Crippen LogP contribution is -2.16. The number of carbonyl (C=O) groups excluding carboxylic acids is 1. The second kappa shape index (κ2) is 6.43. The summed E-state index contributed by atoms with van der Waals surface area (Å²) in [6.45, 7) is 1.33. The number of ketones is 1. The summed E-state index contributed by atoms with van der Waals surface area (Å²) in [4.78, 5) is 11.8. The van der Waals surface area contributed by atoms with Crippen LogP contribution in [0.5, 0.6) is 0 Å². The first-order valence-corrected chi connectivity index (χ1v) is 7.22. The Kier molecular flexibility index (Phi) is 4.89. The molecule has 17 heavy (non-hydrogen) atoms. The highest BCUT2D eigenvalue weighted by atomic mass is 35.5. The standard InChI is InChI=1S/C13H15ClO2S/c14-12-4-2-1-3-11(12)8-17-9-13(15)10-5-6-16-7-10/h1-4,10H,5-9H2. The van der Waals surface area contributed by atoms with E-state index in [0.717, 1.165) is 29.4 Å². The molecule has 1 saturated heterocycles. The minimum atomic E-state index is 0.119. The van der Waals surface area contributed by atoms with Crippen molar-refractivity contribution in [2.24, 2.45) is 5.92 Å². The monoisotopic (exact) mass is 270 g/mol. The molecule has 1 atom stereocenters. The van der Waals surface area contributed by atoms with Gasteiger partial charge >= 0.3 is 0 Å². The lowest BCUT2D eigenvalue weighted by atomic mass is 10.1. The topological polar surface area (TPSA) is 26.3 Å². The molecule has 2 nitrogen and oxygen atoms in total. The molecule has 0 aromatic heterocycles. The molecule has 1 aliphatic rings. The lowest BCUT2D eigenvalue weighted by Gasteiger charge is -2.07. The van der Waals surface area contributed by atoms with E-state index in [1.165, 1.54) is 0 Å². The molecule has 1 aromatic carbocycles. The predicted molar refractivity (Wildman–Crippen MR) is 71.5 cm³/mol. The molecule has 0 amide bonds. The Morgan fingerprint density at radius 3 is 3.00 bits per heavy atom. The van der Waals surface area contributed by atoms with Crippen LogP contribution in [0.2, 0.25) is 5.02 Å². The van der Waals surface area contributed by atoms with Crippen LogP contribution in [0.4, 0.5) is 0 Å². The molecule has 1 aliphatic heterocycles. The van der Waals surface area contributed by atoms with Crippen LogP contribution in [0.3, 0.4) is 0 Å².